The highest BCUT2D eigenvalue weighted by Crippen LogP contribution is 2.35. The molecule has 0 spiro atoms. The molecule has 86 valence electrons. The maximum Gasteiger partial charge on any atom is 0.241 e. The highest BCUT2D eigenvalue weighted by Gasteiger charge is 2.36. The summed E-state index contributed by atoms with van der Waals surface area (Å²) in [5.41, 5.74) is 0. The second-order valence-electron chi connectivity index (χ2n) is 4.87. The van der Waals surface area contributed by atoms with Crippen LogP contribution in [0.5, 0.6) is 0 Å². The van der Waals surface area contributed by atoms with Crippen LogP contribution in [0.1, 0.15) is 46.0 Å². The number of carbonyl (C=O) groups excluding carboxylic acids is 1. The summed E-state index contributed by atoms with van der Waals surface area (Å²) in [4.78, 5) is 14.1. The van der Waals surface area contributed by atoms with Crippen molar-refractivity contribution < 1.29 is 4.79 Å². The Hall–Kier alpha value is -0.570. The first-order valence-electron chi connectivity index (χ1n) is 6.30. The molecule has 3 nitrogen and oxygen atoms in total. The molecule has 2 atom stereocenters. The minimum absolute atomic E-state index is 0.0817. The van der Waals surface area contributed by atoms with Crippen LogP contribution in [0.15, 0.2) is 0 Å². The van der Waals surface area contributed by atoms with Crippen molar-refractivity contribution in [3.63, 3.8) is 0 Å². The topological polar surface area (TPSA) is 32.3 Å². The average Bonchev–Trinajstić information content (AvgIpc) is 2.99. The summed E-state index contributed by atoms with van der Waals surface area (Å²) in [5, 5.41) is 3.29. The Labute approximate surface area is 92.2 Å². The number of nitrogens with zero attached hydrogens (tertiary/aromatic N) is 1. The highest BCUT2D eigenvalue weighted by atomic mass is 16.2. The van der Waals surface area contributed by atoms with Gasteiger partial charge in [-0.2, -0.15) is 0 Å². The Bertz CT molecular complexity index is 238. The molecule has 0 bridgehead atoms. The molecule has 2 unspecified atom stereocenters. The first kappa shape index (κ1) is 10.9. The van der Waals surface area contributed by atoms with E-state index in [-0.39, 0.29) is 6.04 Å². The molecule has 2 fully saturated rings. The molecule has 1 saturated carbocycles. The van der Waals surface area contributed by atoms with Crippen molar-refractivity contribution in [1.29, 1.82) is 0 Å². The molecule has 1 amide bonds. The molecular weight excluding hydrogens is 188 g/mol. The maximum atomic E-state index is 12.0. The smallest absolute Gasteiger partial charge is 0.241 e. The summed E-state index contributed by atoms with van der Waals surface area (Å²) >= 11 is 0. The lowest BCUT2D eigenvalue weighted by Crippen LogP contribution is -2.38. The SMILES string of the molecule is CCC1NCN(C(CC)CC2CC2)C1=O. The van der Waals surface area contributed by atoms with Crippen molar-refractivity contribution in [1.82, 2.24) is 10.2 Å². The highest BCUT2D eigenvalue weighted by molar-refractivity contribution is 5.83. The fraction of sp³-hybridized carbons (Fsp3) is 0.917. The summed E-state index contributed by atoms with van der Waals surface area (Å²) in [6.45, 7) is 5.03. The van der Waals surface area contributed by atoms with E-state index in [2.05, 4.69) is 24.1 Å². The minimum Gasteiger partial charge on any atom is -0.326 e. The molecule has 1 saturated heterocycles. The lowest BCUT2D eigenvalue weighted by atomic mass is 10.1. The Morgan fingerprint density at radius 2 is 2.20 bits per heavy atom. The van der Waals surface area contributed by atoms with Gasteiger partial charge in [0.05, 0.1) is 12.7 Å². The Morgan fingerprint density at radius 1 is 1.47 bits per heavy atom. The third-order valence-corrected chi connectivity index (χ3v) is 3.71. The van der Waals surface area contributed by atoms with Gasteiger partial charge in [-0.25, -0.2) is 0 Å². The van der Waals surface area contributed by atoms with Crippen molar-refractivity contribution >= 4 is 5.91 Å². The van der Waals surface area contributed by atoms with Crippen molar-refractivity contribution in [2.45, 2.75) is 58.0 Å². The monoisotopic (exact) mass is 210 g/mol. The van der Waals surface area contributed by atoms with Crippen molar-refractivity contribution in [2.24, 2.45) is 5.92 Å². The van der Waals surface area contributed by atoms with Crippen LogP contribution in [-0.4, -0.2) is 29.6 Å². The zero-order valence-electron chi connectivity index (χ0n) is 9.83. The van der Waals surface area contributed by atoms with Gasteiger partial charge in [0.15, 0.2) is 0 Å². The third-order valence-electron chi connectivity index (χ3n) is 3.71. The number of rotatable bonds is 5. The van der Waals surface area contributed by atoms with E-state index in [0.717, 1.165) is 25.4 Å². The van der Waals surface area contributed by atoms with Gasteiger partial charge in [-0.1, -0.05) is 26.7 Å². The van der Waals surface area contributed by atoms with Gasteiger partial charge < -0.3 is 4.90 Å². The predicted molar refractivity (Wildman–Crippen MR) is 60.3 cm³/mol. The van der Waals surface area contributed by atoms with Gasteiger partial charge in [-0.05, 0) is 25.2 Å². The Morgan fingerprint density at radius 3 is 2.67 bits per heavy atom. The minimum atomic E-state index is 0.0817. The standard InChI is InChI=1S/C12H22N2O/c1-3-10(7-9-5-6-9)14-8-13-11(4-2)12(14)15/h9-11,13H,3-8H2,1-2H3. The summed E-state index contributed by atoms with van der Waals surface area (Å²) < 4.78 is 0. The molecule has 2 aliphatic rings. The zero-order valence-corrected chi connectivity index (χ0v) is 9.83. The van der Waals surface area contributed by atoms with Crippen LogP contribution in [-0.2, 0) is 4.79 Å². The van der Waals surface area contributed by atoms with E-state index in [9.17, 15) is 4.79 Å². The van der Waals surface area contributed by atoms with E-state index in [1.54, 1.807) is 0 Å². The van der Waals surface area contributed by atoms with E-state index in [0.29, 0.717) is 11.9 Å². The lowest BCUT2D eigenvalue weighted by Gasteiger charge is -2.26. The van der Waals surface area contributed by atoms with Gasteiger partial charge in [-0.15, -0.1) is 0 Å². The molecule has 1 aliphatic heterocycles. The number of carbonyl (C=O) groups is 1. The number of hydrogen-bond donors (Lipinski definition) is 1. The number of hydrogen-bond acceptors (Lipinski definition) is 2. The van der Waals surface area contributed by atoms with Crippen molar-refractivity contribution in [3.05, 3.63) is 0 Å². The van der Waals surface area contributed by atoms with Gasteiger partial charge >= 0.3 is 0 Å². The van der Waals surface area contributed by atoms with Gasteiger partial charge in [0.1, 0.15) is 0 Å². The molecular formula is C12H22N2O. The van der Waals surface area contributed by atoms with Crippen LogP contribution < -0.4 is 5.32 Å². The van der Waals surface area contributed by atoms with Crippen LogP contribution >= 0.6 is 0 Å². The molecule has 0 radical (unpaired) electrons. The second-order valence-corrected chi connectivity index (χ2v) is 4.87. The molecule has 0 aromatic rings. The first-order chi connectivity index (χ1) is 7.26. The summed E-state index contributed by atoms with van der Waals surface area (Å²) in [5.74, 6) is 1.23. The molecule has 1 aliphatic carbocycles. The van der Waals surface area contributed by atoms with E-state index < -0.39 is 0 Å². The van der Waals surface area contributed by atoms with Gasteiger partial charge in [0.2, 0.25) is 5.91 Å². The molecule has 15 heavy (non-hydrogen) atoms. The second kappa shape index (κ2) is 4.52. The third kappa shape index (κ3) is 2.33. The first-order valence-corrected chi connectivity index (χ1v) is 6.30. The van der Waals surface area contributed by atoms with E-state index >= 15 is 0 Å². The maximum absolute atomic E-state index is 12.0. The van der Waals surface area contributed by atoms with Crippen LogP contribution in [0.25, 0.3) is 0 Å². The fourth-order valence-corrected chi connectivity index (χ4v) is 2.45. The van der Waals surface area contributed by atoms with Gasteiger partial charge in [0.25, 0.3) is 0 Å². The van der Waals surface area contributed by atoms with Gasteiger partial charge in [-0.3, -0.25) is 10.1 Å². The number of nitrogens with one attached hydrogen (secondary N) is 1. The molecule has 1 N–H and O–H groups in total. The van der Waals surface area contributed by atoms with Crippen LogP contribution in [0.3, 0.4) is 0 Å². The normalized spacial score (nSPS) is 28.5. The molecule has 1 heterocycles. The van der Waals surface area contributed by atoms with Crippen LogP contribution in [0.4, 0.5) is 0 Å². The summed E-state index contributed by atoms with van der Waals surface area (Å²) in [7, 11) is 0. The van der Waals surface area contributed by atoms with Crippen LogP contribution in [0, 0.1) is 5.92 Å². The fourth-order valence-electron chi connectivity index (χ4n) is 2.45. The zero-order chi connectivity index (χ0) is 10.8. The summed E-state index contributed by atoms with van der Waals surface area (Å²) in [6, 6.07) is 0.562. The Balaban J connectivity index is 1.92. The Kier molecular flexibility index (Phi) is 3.29. The van der Waals surface area contributed by atoms with Crippen LogP contribution in [0.2, 0.25) is 0 Å². The molecule has 0 aromatic heterocycles. The van der Waals surface area contributed by atoms with E-state index in [1.807, 2.05) is 0 Å². The molecule has 3 heteroatoms. The van der Waals surface area contributed by atoms with E-state index in [1.165, 1.54) is 19.3 Å². The number of amides is 1. The average molecular weight is 210 g/mol. The predicted octanol–water partition coefficient (Wildman–Crippen LogP) is 1.73. The van der Waals surface area contributed by atoms with Crippen molar-refractivity contribution in [3.8, 4) is 0 Å². The molecule has 0 aromatic carbocycles. The largest absolute Gasteiger partial charge is 0.326 e. The molecule has 2 rings (SSSR count). The summed E-state index contributed by atoms with van der Waals surface area (Å²) in [6.07, 6.45) is 5.99. The lowest BCUT2D eigenvalue weighted by molar-refractivity contribution is -0.131. The van der Waals surface area contributed by atoms with Gasteiger partial charge in [0, 0.05) is 6.04 Å². The quantitative estimate of drug-likeness (QED) is 0.749. The van der Waals surface area contributed by atoms with Crippen molar-refractivity contribution in [2.75, 3.05) is 6.67 Å². The van der Waals surface area contributed by atoms with E-state index in [4.69, 9.17) is 0 Å².